The Balaban J connectivity index is 1.11. The second-order valence-electron chi connectivity index (χ2n) is 21.9. The molecule has 6 atom stereocenters. The fourth-order valence-electron chi connectivity index (χ4n) is 9.15. The maximum absolute atomic E-state index is 14.1. The molecule has 0 saturated heterocycles. The zero-order chi connectivity index (χ0) is 44.3. The normalized spacial score (nSPS) is 21.4. The first-order valence-corrected chi connectivity index (χ1v) is 26.1. The minimum absolute atomic E-state index is 0.0594. The summed E-state index contributed by atoms with van der Waals surface area (Å²) in [6, 6.07) is 16.5. The van der Waals surface area contributed by atoms with Crippen LogP contribution < -0.4 is 10.6 Å². The molecule has 6 rings (SSSR count). The number of rotatable bonds is 13. The Labute approximate surface area is 368 Å². The summed E-state index contributed by atoms with van der Waals surface area (Å²) in [7, 11) is -1.91. The molecule has 0 bridgehead atoms. The van der Waals surface area contributed by atoms with Gasteiger partial charge in [-0.3, -0.25) is 9.59 Å². The molecule has 2 heterocycles. The molecule has 2 amide bonds. The molecule has 4 aromatic rings. The van der Waals surface area contributed by atoms with E-state index in [9.17, 15) is 9.59 Å². The number of benzene rings is 2. The van der Waals surface area contributed by atoms with Gasteiger partial charge in [-0.1, -0.05) is 150 Å². The van der Waals surface area contributed by atoms with Crippen LogP contribution in [0.3, 0.4) is 0 Å². The van der Waals surface area contributed by atoms with Crippen molar-refractivity contribution in [2.45, 2.75) is 157 Å². The lowest BCUT2D eigenvalue weighted by Gasteiger charge is -2.40. The van der Waals surface area contributed by atoms with Crippen LogP contribution in [0.15, 0.2) is 60.9 Å². The molecule has 2 fully saturated rings. The number of amides is 2. The van der Waals surface area contributed by atoms with E-state index in [4.69, 9.17) is 14.4 Å². The molecule has 9 nitrogen and oxygen atoms in total. The van der Waals surface area contributed by atoms with Gasteiger partial charge in [0.2, 0.25) is 11.8 Å². The smallest absolute Gasteiger partial charge is 0.224 e. The van der Waals surface area contributed by atoms with Gasteiger partial charge in [-0.2, -0.15) is 0 Å². The van der Waals surface area contributed by atoms with Gasteiger partial charge >= 0.3 is 0 Å². The highest BCUT2D eigenvalue weighted by molar-refractivity contribution is 6.74. The zero-order valence-electron chi connectivity index (χ0n) is 39.4. The summed E-state index contributed by atoms with van der Waals surface area (Å²) in [4.78, 5) is 44.6. The van der Waals surface area contributed by atoms with Crippen molar-refractivity contribution in [3.05, 3.63) is 72.6 Å². The summed E-state index contributed by atoms with van der Waals surface area (Å²) in [5, 5.41) is 6.99. The van der Waals surface area contributed by atoms with Crippen LogP contribution in [0, 0.1) is 34.5 Å². The van der Waals surface area contributed by atoms with Crippen molar-refractivity contribution in [3.63, 3.8) is 0 Å². The molecule has 0 spiro atoms. The number of carbonyl (C=O) groups excluding carboxylic acids is 2. The van der Waals surface area contributed by atoms with Crippen molar-refractivity contribution in [2.24, 2.45) is 34.5 Å². The largest absolute Gasteiger partial charge is 0.417 e. The molecular formula is C51H76N6O3Si. The molecule has 2 saturated carbocycles. The summed E-state index contributed by atoms with van der Waals surface area (Å²) in [6.45, 7) is 27.2. The Bertz CT molecular complexity index is 2060. The van der Waals surface area contributed by atoms with E-state index in [1.807, 2.05) is 12.4 Å². The van der Waals surface area contributed by atoms with Crippen LogP contribution in [0.4, 0.5) is 0 Å². The molecule has 332 valence electrons. The summed E-state index contributed by atoms with van der Waals surface area (Å²) in [5.41, 5.74) is 5.49. The molecule has 0 radical (unpaired) electrons. The van der Waals surface area contributed by atoms with Gasteiger partial charge in [0.05, 0.1) is 23.5 Å². The molecule has 4 unspecified atom stereocenters. The maximum Gasteiger partial charge on any atom is 0.224 e. The highest BCUT2D eigenvalue weighted by atomic mass is 28.4. The number of aromatic amines is 2. The van der Waals surface area contributed by atoms with Crippen LogP contribution >= 0.6 is 0 Å². The van der Waals surface area contributed by atoms with Crippen molar-refractivity contribution in [1.29, 1.82) is 0 Å². The number of aromatic nitrogens is 4. The zero-order valence-corrected chi connectivity index (χ0v) is 40.4. The van der Waals surface area contributed by atoms with Gasteiger partial charge in [-0.15, -0.1) is 0 Å². The third-order valence-electron chi connectivity index (χ3n) is 14.2. The summed E-state index contributed by atoms with van der Waals surface area (Å²) >= 11 is 0. The van der Waals surface area contributed by atoms with E-state index in [1.54, 1.807) is 0 Å². The average molecular weight is 849 g/mol. The van der Waals surface area contributed by atoms with Crippen molar-refractivity contribution in [2.75, 3.05) is 6.61 Å². The molecule has 0 aliphatic heterocycles. The van der Waals surface area contributed by atoms with Crippen molar-refractivity contribution in [3.8, 4) is 33.6 Å². The molecular weight excluding hydrogens is 773 g/mol. The van der Waals surface area contributed by atoms with Gasteiger partial charge in [0.25, 0.3) is 0 Å². The van der Waals surface area contributed by atoms with Gasteiger partial charge in [0, 0.05) is 42.0 Å². The topological polar surface area (TPSA) is 125 Å². The number of hydrogen-bond acceptors (Lipinski definition) is 5. The van der Waals surface area contributed by atoms with Gasteiger partial charge in [0.1, 0.15) is 11.6 Å². The van der Waals surface area contributed by atoms with Gasteiger partial charge < -0.3 is 25.0 Å². The minimum Gasteiger partial charge on any atom is -0.417 e. The van der Waals surface area contributed by atoms with Crippen molar-refractivity contribution in [1.82, 2.24) is 30.6 Å². The lowest BCUT2D eigenvalue weighted by Crippen LogP contribution is -2.46. The molecule has 2 aliphatic carbocycles. The van der Waals surface area contributed by atoms with Crippen LogP contribution in [0.2, 0.25) is 18.1 Å². The standard InChI is InChI=1S/C51H76N6O3Si/c1-13-33-18-14-16-20-39(33)47(58)56-43(49(2,3)4)45-52-30-41(54-45)36-26-22-34(23-27-36)35-24-28-37(29-25-35)42-31-53-46(55-42)44(50(5,6)7)57-48(59)40-21-17-15-19-38(40)32-60-61(11,12)51(8,9)10/h22-31,33,38-40,43-44H,13-21,32H2,1-12H3,(H,52,54)(H,53,55)(H,56,58)(H,57,59)/t33?,38?,39?,40?,43-,44-/m1/s1. The SMILES string of the molecule is CCC1CCCCC1C(=O)N[C@H](c1nc(-c2ccc(-c3ccc(-c4c[nH]c([C@@H](NC(=O)C5CCCCC5CO[Si](C)(C)C(C)(C)C)C(C)(C)C)n4)cc3)cc2)c[nH]1)C(C)(C)C. The first-order valence-electron chi connectivity index (χ1n) is 23.2. The second kappa shape index (κ2) is 18.8. The lowest BCUT2D eigenvalue weighted by atomic mass is 9.76. The fraction of sp³-hybridized carbons (Fsp3) is 0.608. The quantitative estimate of drug-likeness (QED) is 0.0997. The molecule has 10 heteroatoms. The summed E-state index contributed by atoms with van der Waals surface area (Å²) < 4.78 is 6.66. The van der Waals surface area contributed by atoms with Crippen molar-refractivity contribution >= 4 is 20.1 Å². The van der Waals surface area contributed by atoms with E-state index >= 15 is 0 Å². The van der Waals surface area contributed by atoms with E-state index in [1.165, 1.54) is 6.42 Å². The summed E-state index contributed by atoms with van der Waals surface area (Å²) in [5.74, 6) is 2.55. The predicted octanol–water partition coefficient (Wildman–Crippen LogP) is 12.6. The highest BCUT2D eigenvalue weighted by Crippen LogP contribution is 2.41. The Kier molecular flexibility index (Phi) is 14.3. The number of carbonyl (C=O) groups is 2. The minimum atomic E-state index is -1.91. The first kappa shape index (κ1) is 46.5. The third kappa shape index (κ3) is 11.1. The molecule has 2 aromatic carbocycles. The number of nitrogens with one attached hydrogen (secondary N) is 4. The summed E-state index contributed by atoms with van der Waals surface area (Å²) in [6.07, 6.45) is 13.6. The highest BCUT2D eigenvalue weighted by Gasteiger charge is 2.41. The van der Waals surface area contributed by atoms with Crippen LogP contribution in [0.5, 0.6) is 0 Å². The van der Waals surface area contributed by atoms with Gasteiger partial charge in [0.15, 0.2) is 8.32 Å². The molecule has 2 aliphatic rings. The van der Waals surface area contributed by atoms with Crippen LogP contribution in [0.25, 0.3) is 33.6 Å². The Hall–Kier alpha value is -4.02. The Morgan fingerprint density at radius 2 is 1.02 bits per heavy atom. The monoisotopic (exact) mass is 849 g/mol. The second-order valence-corrected chi connectivity index (χ2v) is 26.7. The van der Waals surface area contributed by atoms with Crippen LogP contribution in [0.1, 0.15) is 151 Å². The number of hydrogen-bond donors (Lipinski definition) is 4. The number of H-pyrrole nitrogens is 2. The van der Waals surface area contributed by atoms with E-state index < -0.39 is 8.32 Å². The van der Waals surface area contributed by atoms with Crippen molar-refractivity contribution < 1.29 is 14.0 Å². The van der Waals surface area contributed by atoms with E-state index in [0.29, 0.717) is 12.5 Å². The molecule has 61 heavy (non-hydrogen) atoms. The Morgan fingerprint density at radius 1 is 0.639 bits per heavy atom. The lowest BCUT2D eigenvalue weighted by molar-refractivity contribution is -0.130. The van der Waals surface area contributed by atoms with Crippen LogP contribution in [-0.4, -0.2) is 46.7 Å². The van der Waals surface area contributed by atoms with Gasteiger partial charge in [-0.25, -0.2) is 9.97 Å². The third-order valence-corrected chi connectivity index (χ3v) is 18.7. The Morgan fingerprint density at radius 3 is 1.41 bits per heavy atom. The van der Waals surface area contributed by atoms with E-state index in [0.717, 1.165) is 96.7 Å². The molecule has 4 N–H and O–H groups in total. The average Bonchev–Trinajstić information content (AvgIpc) is 3.91. The molecule has 2 aromatic heterocycles. The van der Waals surface area contributed by atoms with E-state index in [2.05, 4.69) is 151 Å². The van der Waals surface area contributed by atoms with Crippen LogP contribution in [-0.2, 0) is 14.0 Å². The maximum atomic E-state index is 14.1. The predicted molar refractivity (Wildman–Crippen MR) is 252 cm³/mol. The van der Waals surface area contributed by atoms with E-state index in [-0.39, 0.29) is 57.5 Å². The number of nitrogens with zero attached hydrogens (tertiary/aromatic N) is 2. The number of imidazole rings is 2. The van der Waals surface area contributed by atoms with Gasteiger partial charge in [-0.05, 0) is 77.6 Å². The fourth-order valence-corrected chi connectivity index (χ4v) is 10.2. The first-order chi connectivity index (χ1) is 28.7.